The second-order valence-corrected chi connectivity index (χ2v) is 6.96. The van der Waals surface area contributed by atoms with Crippen LogP contribution in [0.25, 0.3) is 0 Å². The number of rotatable bonds is 4. The van der Waals surface area contributed by atoms with Crippen molar-refractivity contribution in [3.05, 3.63) is 34.9 Å². The van der Waals surface area contributed by atoms with Gasteiger partial charge in [0.2, 0.25) is 0 Å². The van der Waals surface area contributed by atoms with Crippen molar-refractivity contribution in [3.63, 3.8) is 0 Å². The number of aryl methyl sites for hydroxylation is 2. The standard InChI is InChI=1S/C19H26N2O3/c1-21(2)19(23)17-10-9-16(24-17)12-20-18(22)15-8-7-13-5-3-4-6-14(13)11-15/h7-8,11,16-17H,3-6,9-10,12H2,1-2H3,(H,20,22)/t16-,17-/m0/s1. The first-order valence-corrected chi connectivity index (χ1v) is 8.81. The van der Waals surface area contributed by atoms with Crippen LogP contribution in [0.2, 0.25) is 0 Å². The van der Waals surface area contributed by atoms with E-state index in [1.165, 1.54) is 24.0 Å². The molecule has 0 radical (unpaired) electrons. The van der Waals surface area contributed by atoms with E-state index in [0.717, 1.165) is 31.2 Å². The molecule has 1 aliphatic carbocycles. The first-order chi connectivity index (χ1) is 11.5. The van der Waals surface area contributed by atoms with Crippen molar-refractivity contribution in [2.45, 2.75) is 50.7 Å². The van der Waals surface area contributed by atoms with Gasteiger partial charge in [0, 0.05) is 26.2 Å². The number of amides is 2. The number of nitrogens with one attached hydrogen (secondary N) is 1. The second-order valence-electron chi connectivity index (χ2n) is 6.96. The zero-order chi connectivity index (χ0) is 17.1. The molecule has 0 aromatic heterocycles. The van der Waals surface area contributed by atoms with Crippen molar-refractivity contribution in [1.82, 2.24) is 10.2 Å². The zero-order valence-electron chi connectivity index (χ0n) is 14.5. The summed E-state index contributed by atoms with van der Waals surface area (Å²) >= 11 is 0. The van der Waals surface area contributed by atoms with Crippen LogP contribution in [0.3, 0.4) is 0 Å². The van der Waals surface area contributed by atoms with E-state index in [2.05, 4.69) is 11.4 Å². The van der Waals surface area contributed by atoms with E-state index in [9.17, 15) is 9.59 Å². The minimum absolute atomic E-state index is 0.00138. The first kappa shape index (κ1) is 17.0. The van der Waals surface area contributed by atoms with Crippen molar-refractivity contribution < 1.29 is 14.3 Å². The Kier molecular flexibility index (Phi) is 5.19. The van der Waals surface area contributed by atoms with E-state index >= 15 is 0 Å². The monoisotopic (exact) mass is 330 g/mol. The summed E-state index contributed by atoms with van der Waals surface area (Å²) < 4.78 is 5.76. The summed E-state index contributed by atoms with van der Waals surface area (Å²) in [6.07, 6.45) is 5.70. The van der Waals surface area contributed by atoms with E-state index in [0.29, 0.717) is 6.54 Å². The molecular weight excluding hydrogens is 304 g/mol. The van der Waals surface area contributed by atoms with Gasteiger partial charge in [-0.05, 0) is 61.8 Å². The second kappa shape index (κ2) is 7.34. The van der Waals surface area contributed by atoms with Crippen LogP contribution in [0.4, 0.5) is 0 Å². The molecule has 1 heterocycles. The number of likely N-dealkylation sites (N-methyl/N-ethyl adjacent to an activating group) is 1. The number of hydrogen-bond acceptors (Lipinski definition) is 3. The number of benzene rings is 1. The largest absolute Gasteiger partial charge is 0.363 e. The molecule has 1 N–H and O–H groups in total. The van der Waals surface area contributed by atoms with Crippen molar-refractivity contribution >= 4 is 11.8 Å². The fraction of sp³-hybridized carbons (Fsp3) is 0.579. The average Bonchev–Trinajstić information content (AvgIpc) is 3.07. The van der Waals surface area contributed by atoms with Crippen molar-refractivity contribution in [2.24, 2.45) is 0 Å². The molecule has 1 aromatic carbocycles. The molecule has 24 heavy (non-hydrogen) atoms. The number of ether oxygens (including phenoxy) is 1. The highest BCUT2D eigenvalue weighted by Gasteiger charge is 2.31. The van der Waals surface area contributed by atoms with Gasteiger partial charge < -0.3 is 15.0 Å². The molecule has 130 valence electrons. The number of hydrogen-bond donors (Lipinski definition) is 1. The highest BCUT2D eigenvalue weighted by Crippen LogP contribution is 2.23. The number of carbonyl (C=O) groups is 2. The van der Waals surface area contributed by atoms with Gasteiger partial charge in [0.25, 0.3) is 11.8 Å². The molecule has 0 unspecified atom stereocenters. The molecule has 2 amide bonds. The third-order valence-corrected chi connectivity index (χ3v) is 4.92. The van der Waals surface area contributed by atoms with Gasteiger partial charge in [0.1, 0.15) is 6.10 Å². The molecule has 1 fully saturated rings. The SMILES string of the molecule is CN(C)C(=O)[C@@H]1CC[C@@H](CNC(=O)c2ccc3c(c2)CCCC3)O1. The van der Waals surface area contributed by atoms with Gasteiger partial charge in [0.05, 0.1) is 6.10 Å². The molecule has 0 bridgehead atoms. The van der Waals surface area contributed by atoms with Gasteiger partial charge in [-0.2, -0.15) is 0 Å². The summed E-state index contributed by atoms with van der Waals surface area (Å²) in [7, 11) is 3.47. The number of nitrogens with zero attached hydrogens (tertiary/aromatic N) is 1. The molecule has 1 aliphatic heterocycles. The van der Waals surface area contributed by atoms with E-state index in [4.69, 9.17) is 4.74 Å². The van der Waals surface area contributed by atoms with E-state index in [-0.39, 0.29) is 24.0 Å². The molecule has 3 rings (SSSR count). The summed E-state index contributed by atoms with van der Waals surface area (Å²) in [5, 5.41) is 2.95. The highest BCUT2D eigenvalue weighted by atomic mass is 16.5. The molecule has 2 aliphatic rings. The van der Waals surface area contributed by atoms with Crippen molar-refractivity contribution in [2.75, 3.05) is 20.6 Å². The highest BCUT2D eigenvalue weighted by molar-refractivity contribution is 5.94. The Morgan fingerprint density at radius 3 is 2.67 bits per heavy atom. The Balaban J connectivity index is 1.52. The van der Waals surface area contributed by atoms with Gasteiger partial charge >= 0.3 is 0 Å². The van der Waals surface area contributed by atoms with E-state index in [1.807, 2.05) is 12.1 Å². The molecule has 2 atom stereocenters. The third-order valence-electron chi connectivity index (χ3n) is 4.92. The van der Waals surface area contributed by atoms with Crippen molar-refractivity contribution in [1.29, 1.82) is 0 Å². The summed E-state index contributed by atoms with van der Waals surface area (Å²) in [5.41, 5.74) is 3.40. The Bertz CT molecular complexity index is 627. The lowest BCUT2D eigenvalue weighted by Crippen LogP contribution is -2.36. The van der Waals surface area contributed by atoms with Crippen molar-refractivity contribution in [3.8, 4) is 0 Å². The Morgan fingerprint density at radius 2 is 1.92 bits per heavy atom. The Morgan fingerprint density at radius 1 is 1.17 bits per heavy atom. The smallest absolute Gasteiger partial charge is 0.251 e. The lowest BCUT2D eigenvalue weighted by atomic mass is 9.90. The van der Waals surface area contributed by atoms with E-state index < -0.39 is 0 Å². The minimum Gasteiger partial charge on any atom is -0.363 e. The molecule has 0 saturated carbocycles. The molecule has 1 aromatic rings. The normalized spacial score (nSPS) is 22.8. The van der Waals surface area contributed by atoms with Gasteiger partial charge in [-0.3, -0.25) is 9.59 Å². The molecule has 5 heteroatoms. The predicted octanol–water partition coefficient (Wildman–Crippen LogP) is 1.93. The fourth-order valence-corrected chi connectivity index (χ4v) is 3.51. The Hall–Kier alpha value is -1.88. The topological polar surface area (TPSA) is 58.6 Å². The summed E-state index contributed by atoms with van der Waals surface area (Å²) in [5.74, 6) is -0.0622. The number of fused-ring (bicyclic) bond motifs is 1. The molecule has 1 saturated heterocycles. The maximum absolute atomic E-state index is 12.4. The third kappa shape index (κ3) is 3.78. The van der Waals surface area contributed by atoms with Crippen LogP contribution in [0.5, 0.6) is 0 Å². The summed E-state index contributed by atoms with van der Waals surface area (Å²) in [4.78, 5) is 25.8. The maximum atomic E-state index is 12.4. The maximum Gasteiger partial charge on any atom is 0.251 e. The zero-order valence-corrected chi connectivity index (χ0v) is 14.5. The van der Waals surface area contributed by atoms with Crippen LogP contribution in [0.15, 0.2) is 18.2 Å². The first-order valence-electron chi connectivity index (χ1n) is 8.81. The molecule has 5 nitrogen and oxygen atoms in total. The van der Waals surface area contributed by atoms with Gasteiger partial charge in [-0.25, -0.2) is 0 Å². The summed E-state index contributed by atoms with van der Waals surface area (Å²) in [6.45, 7) is 0.452. The summed E-state index contributed by atoms with van der Waals surface area (Å²) in [6, 6.07) is 6.02. The minimum atomic E-state index is -0.370. The van der Waals surface area contributed by atoms with E-state index in [1.54, 1.807) is 19.0 Å². The van der Waals surface area contributed by atoms with Crippen LogP contribution in [0.1, 0.15) is 47.2 Å². The predicted molar refractivity (Wildman–Crippen MR) is 92.0 cm³/mol. The molecular formula is C19H26N2O3. The fourth-order valence-electron chi connectivity index (χ4n) is 3.51. The quantitative estimate of drug-likeness (QED) is 0.918. The van der Waals surface area contributed by atoms with Crippen LogP contribution >= 0.6 is 0 Å². The number of carbonyl (C=O) groups excluding carboxylic acids is 2. The van der Waals surface area contributed by atoms with Crippen LogP contribution in [-0.2, 0) is 22.4 Å². The average molecular weight is 330 g/mol. The Labute approximate surface area is 143 Å². The van der Waals surface area contributed by atoms with Crippen LogP contribution in [0, 0.1) is 0 Å². The van der Waals surface area contributed by atoms with Gasteiger partial charge in [-0.15, -0.1) is 0 Å². The lowest BCUT2D eigenvalue weighted by Gasteiger charge is -2.18. The molecule has 0 spiro atoms. The van der Waals surface area contributed by atoms with Crippen LogP contribution in [-0.4, -0.2) is 49.6 Å². The van der Waals surface area contributed by atoms with Gasteiger partial charge in [-0.1, -0.05) is 6.07 Å². The van der Waals surface area contributed by atoms with Crippen LogP contribution < -0.4 is 5.32 Å². The lowest BCUT2D eigenvalue weighted by molar-refractivity contribution is -0.140. The van der Waals surface area contributed by atoms with Gasteiger partial charge in [0.15, 0.2) is 0 Å².